The number of nitrogens with one attached hydrogen (secondary N) is 2. The summed E-state index contributed by atoms with van der Waals surface area (Å²) in [6, 6.07) is 12.3. The second-order valence-electron chi connectivity index (χ2n) is 4.68. The number of anilines is 2. The minimum Gasteiger partial charge on any atom is -0.376 e. The lowest BCUT2D eigenvalue weighted by Gasteiger charge is -2.10. The van der Waals surface area contributed by atoms with E-state index in [0.717, 1.165) is 16.9 Å². The first kappa shape index (κ1) is 14.1. The predicted octanol–water partition coefficient (Wildman–Crippen LogP) is 3.49. The van der Waals surface area contributed by atoms with Crippen LogP contribution < -0.4 is 10.6 Å². The van der Waals surface area contributed by atoms with Gasteiger partial charge in [-0.05, 0) is 49.2 Å². The van der Waals surface area contributed by atoms with Crippen LogP contribution >= 0.6 is 0 Å². The third kappa shape index (κ3) is 3.57. The van der Waals surface area contributed by atoms with Crippen molar-refractivity contribution in [3.05, 3.63) is 59.4 Å². The molecule has 0 fully saturated rings. The molecule has 0 unspecified atom stereocenters. The molecule has 1 amide bonds. The van der Waals surface area contributed by atoms with E-state index in [4.69, 9.17) is 0 Å². The summed E-state index contributed by atoms with van der Waals surface area (Å²) < 4.78 is 13.1. The van der Waals surface area contributed by atoms with Gasteiger partial charge in [0.15, 0.2) is 0 Å². The normalized spacial score (nSPS) is 10.2. The molecule has 2 aromatic rings. The molecule has 0 aliphatic rings. The van der Waals surface area contributed by atoms with E-state index in [1.807, 2.05) is 31.2 Å². The standard InChI is InChI=1S/C16H17FN2O/c1-11-5-3-4-6-15(11)19-16(20)10-18-13-7-8-14(17)12(2)9-13/h3-9,18H,10H2,1-2H3,(H,19,20). The Bertz CT molecular complexity index is 626. The average Bonchev–Trinajstić information content (AvgIpc) is 2.43. The highest BCUT2D eigenvalue weighted by Crippen LogP contribution is 2.14. The molecule has 3 nitrogen and oxygen atoms in total. The Morgan fingerprint density at radius 3 is 2.55 bits per heavy atom. The zero-order chi connectivity index (χ0) is 14.5. The van der Waals surface area contributed by atoms with Crippen LogP contribution in [0.1, 0.15) is 11.1 Å². The van der Waals surface area contributed by atoms with Gasteiger partial charge in [0.2, 0.25) is 5.91 Å². The lowest BCUT2D eigenvalue weighted by molar-refractivity contribution is -0.114. The Hall–Kier alpha value is -2.36. The Morgan fingerprint density at radius 2 is 1.85 bits per heavy atom. The third-order valence-electron chi connectivity index (χ3n) is 3.03. The van der Waals surface area contributed by atoms with Crippen LogP contribution in [0, 0.1) is 19.7 Å². The number of hydrogen-bond donors (Lipinski definition) is 2. The van der Waals surface area contributed by atoms with Crippen LogP contribution in [0.3, 0.4) is 0 Å². The molecule has 0 aromatic heterocycles. The maximum atomic E-state index is 13.1. The molecular formula is C16H17FN2O. The molecule has 0 bridgehead atoms. The van der Waals surface area contributed by atoms with Gasteiger partial charge in [-0.25, -0.2) is 4.39 Å². The minimum absolute atomic E-state index is 0.138. The summed E-state index contributed by atoms with van der Waals surface area (Å²) >= 11 is 0. The summed E-state index contributed by atoms with van der Waals surface area (Å²) in [5.41, 5.74) is 3.09. The van der Waals surface area contributed by atoms with Crippen LogP contribution in [-0.4, -0.2) is 12.5 Å². The lowest BCUT2D eigenvalue weighted by Crippen LogP contribution is -2.22. The van der Waals surface area contributed by atoms with E-state index in [2.05, 4.69) is 10.6 Å². The number of para-hydroxylation sites is 1. The van der Waals surface area contributed by atoms with Crippen molar-refractivity contribution in [1.82, 2.24) is 0 Å². The summed E-state index contributed by atoms with van der Waals surface area (Å²) in [6.45, 7) is 3.76. The van der Waals surface area contributed by atoms with Crippen molar-refractivity contribution < 1.29 is 9.18 Å². The highest BCUT2D eigenvalue weighted by molar-refractivity contribution is 5.94. The highest BCUT2D eigenvalue weighted by Gasteiger charge is 2.05. The Labute approximate surface area is 117 Å². The number of halogens is 1. The topological polar surface area (TPSA) is 41.1 Å². The maximum Gasteiger partial charge on any atom is 0.243 e. The van der Waals surface area contributed by atoms with E-state index in [-0.39, 0.29) is 18.3 Å². The second kappa shape index (κ2) is 6.19. The van der Waals surface area contributed by atoms with Gasteiger partial charge in [-0.1, -0.05) is 18.2 Å². The summed E-state index contributed by atoms with van der Waals surface area (Å²) in [5.74, 6) is -0.388. The molecule has 104 valence electrons. The Balaban J connectivity index is 1.92. The molecule has 0 heterocycles. The molecule has 0 aliphatic heterocycles. The van der Waals surface area contributed by atoms with Gasteiger partial charge in [0.05, 0.1) is 6.54 Å². The Morgan fingerprint density at radius 1 is 1.10 bits per heavy atom. The van der Waals surface area contributed by atoms with E-state index in [0.29, 0.717) is 5.56 Å². The van der Waals surface area contributed by atoms with Gasteiger partial charge in [-0.2, -0.15) is 0 Å². The number of rotatable bonds is 4. The van der Waals surface area contributed by atoms with E-state index in [1.165, 1.54) is 6.07 Å². The quantitative estimate of drug-likeness (QED) is 0.894. The first-order valence-electron chi connectivity index (χ1n) is 6.42. The maximum absolute atomic E-state index is 13.1. The summed E-state index contributed by atoms with van der Waals surface area (Å²) in [7, 11) is 0. The van der Waals surface area contributed by atoms with Crippen LogP contribution in [0.25, 0.3) is 0 Å². The molecule has 0 saturated heterocycles. The molecule has 0 atom stereocenters. The van der Waals surface area contributed by atoms with Crippen LogP contribution in [0.2, 0.25) is 0 Å². The zero-order valence-electron chi connectivity index (χ0n) is 11.5. The smallest absolute Gasteiger partial charge is 0.243 e. The minimum atomic E-state index is -0.250. The van der Waals surface area contributed by atoms with Gasteiger partial charge in [0.1, 0.15) is 5.82 Å². The average molecular weight is 272 g/mol. The Kier molecular flexibility index (Phi) is 4.35. The molecule has 20 heavy (non-hydrogen) atoms. The van der Waals surface area contributed by atoms with Crippen molar-refractivity contribution in [3.63, 3.8) is 0 Å². The summed E-state index contributed by atoms with van der Waals surface area (Å²) in [5, 5.41) is 5.80. The third-order valence-corrected chi connectivity index (χ3v) is 3.03. The number of benzene rings is 2. The number of amides is 1. The van der Waals surface area contributed by atoms with Crippen molar-refractivity contribution >= 4 is 17.3 Å². The second-order valence-corrected chi connectivity index (χ2v) is 4.68. The van der Waals surface area contributed by atoms with Crippen molar-refractivity contribution in [3.8, 4) is 0 Å². The van der Waals surface area contributed by atoms with Crippen LogP contribution in [0.4, 0.5) is 15.8 Å². The van der Waals surface area contributed by atoms with E-state index in [1.54, 1.807) is 19.1 Å². The number of aryl methyl sites for hydroxylation is 2. The van der Waals surface area contributed by atoms with Crippen molar-refractivity contribution in [2.75, 3.05) is 17.2 Å². The first-order valence-corrected chi connectivity index (χ1v) is 6.42. The summed E-state index contributed by atoms with van der Waals surface area (Å²) in [4.78, 5) is 11.8. The van der Waals surface area contributed by atoms with Gasteiger partial charge in [0, 0.05) is 11.4 Å². The van der Waals surface area contributed by atoms with Gasteiger partial charge >= 0.3 is 0 Å². The molecule has 0 aliphatic carbocycles. The molecule has 0 spiro atoms. The lowest BCUT2D eigenvalue weighted by atomic mass is 10.2. The number of carbonyl (C=O) groups excluding carboxylic acids is 1. The van der Waals surface area contributed by atoms with Crippen molar-refractivity contribution in [2.45, 2.75) is 13.8 Å². The first-order chi connectivity index (χ1) is 9.56. The fourth-order valence-corrected chi connectivity index (χ4v) is 1.84. The highest BCUT2D eigenvalue weighted by atomic mass is 19.1. The van der Waals surface area contributed by atoms with Crippen LogP contribution in [0.5, 0.6) is 0 Å². The van der Waals surface area contributed by atoms with Gasteiger partial charge in [-0.3, -0.25) is 4.79 Å². The van der Waals surface area contributed by atoms with E-state index in [9.17, 15) is 9.18 Å². The van der Waals surface area contributed by atoms with E-state index < -0.39 is 0 Å². The molecule has 0 saturated carbocycles. The van der Waals surface area contributed by atoms with Crippen molar-refractivity contribution in [2.24, 2.45) is 0 Å². The van der Waals surface area contributed by atoms with Gasteiger partial charge < -0.3 is 10.6 Å². The van der Waals surface area contributed by atoms with Gasteiger partial charge in [0.25, 0.3) is 0 Å². The molecule has 2 rings (SSSR count). The molecule has 2 aromatic carbocycles. The molecule has 2 N–H and O–H groups in total. The van der Waals surface area contributed by atoms with Crippen LogP contribution in [-0.2, 0) is 4.79 Å². The number of carbonyl (C=O) groups is 1. The monoisotopic (exact) mass is 272 g/mol. The van der Waals surface area contributed by atoms with Crippen LogP contribution in [0.15, 0.2) is 42.5 Å². The SMILES string of the molecule is Cc1cc(NCC(=O)Nc2ccccc2C)ccc1F. The fraction of sp³-hybridized carbons (Fsp3) is 0.188. The van der Waals surface area contributed by atoms with Gasteiger partial charge in [-0.15, -0.1) is 0 Å². The molecule has 0 radical (unpaired) electrons. The summed E-state index contributed by atoms with van der Waals surface area (Å²) in [6.07, 6.45) is 0. The van der Waals surface area contributed by atoms with Crippen molar-refractivity contribution in [1.29, 1.82) is 0 Å². The predicted molar refractivity (Wildman–Crippen MR) is 79.4 cm³/mol. The molecule has 4 heteroatoms. The largest absolute Gasteiger partial charge is 0.376 e. The molecular weight excluding hydrogens is 255 g/mol. The number of hydrogen-bond acceptors (Lipinski definition) is 2. The zero-order valence-corrected chi connectivity index (χ0v) is 11.5. The fourth-order valence-electron chi connectivity index (χ4n) is 1.84. The van der Waals surface area contributed by atoms with E-state index >= 15 is 0 Å².